The van der Waals surface area contributed by atoms with Crippen LogP contribution in [0.1, 0.15) is 24.5 Å². The van der Waals surface area contributed by atoms with Crippen molar-refractivity contribution in [3.8, 4) is 11.5 Å². The Morgan fingerprint density at radius 1 is 1.19 bits per heavy atom. The Labute approximate surface area is 158 Å². The number of hydrazone groups is 1. The third kappa shape index (κ3) is 6.44. The first-order valence-electron chi connectivity index (χ1n) is 8.44. The van der Waals surface area contributed by atoms with E-state index in [1.165, 1.54) is 17.3 Å². The van der Waals surface area contributed by atoms with Crippen LogP contribution in [0.15, 0.2) is 52.5 Å². The highest BCUT2D eigenvalue weighted by Gasteiger charge is 2.05. The van der Waals surface area contributed by atoms with Gasteiger partial charge in [-0.25, -0.2) is 5.43 Å². The predicted octanol–water partition coefficient (Wildman–Crippen LogP) is 4.03. The minimum Gasteiger partial charge on any atom is -0.493 e. The smallest absolute Gasteiger partial charge is 0.250 e. The second kappa shape index (κ2) is 10.5. The molecule has 0 aliphatic carbocycles. The number of methoxy groups -OCH3 is 1. The fourth-order valence-electron chi connectivity index (χ4n) is 2.09. The van der Waals surface area contributed by atoms with Crippen molar-refractivity contribution in [2.24, 2.45) is 5.10 Å². The van der Waals surface area contributed by atoms with E-state index in [2.05, 4.69) is 10.5 Å². The molecule has 0 radical (unpaired) electrons. The molecule has 6 heteroatoms. The summed E-state index contributed by atoms with van der Waals surface area (Å²) >= 11 is 1.48. The number of hydrogen-bond acceptors (Lipinski definition) is 5. The molecule has 0 fully saturated rings. The van der Waals surface area contributed by atoms with Gasteiger partial charge in [-0.15, -0.1) is 11.8 Å². The van der Waals surface area contributed by atoms with E-state index >= 15 is 0 Å². The minimum absolute atomic E-state index is 0.151. The lowest BCUT2D eigenvalue weighted by molar-refractivity contribution is -0.118. The van der Waals surface area contributed by atoms with Gasteiger partial charge in [-0.3, -0.25) is 4.79 Å². The summed E-state index contributed by atoms with van der Waals surface area (Å²) in [6, 6.07) is 13.6. The van der Waals surface area contributed by atoms with Gasteiger partial charge < -0.3 is 9.47 Å². The number of rotatable bonds is 9. The Balaban J connectivity index is 1.84. The van der Waals surface area contributed by atoms with Crippen LogP contribution in [0.4, 0.5) is 0 Å². The van der Waals surface area contributed by atoms with Crippen LogP contribution in [0.25, 0.3) is 0 Å². The molecule has 0 aliphatic rings. The van der Waals surface area contributed by atoms with E-state index in [9.17, 15) is 4.79 Å². The van der Waals surface area contributed by atoms with Crippen molar-refractivity contribution in [2.45, 2.75) is 25.2 Å². The van der Waals surface area contributed by atoms with E-state index in [0.29, 0.717) is 23.9 Å². The molecule has 138 valence electrons. The number of hydrogen-bond donors (Lipinski definition) is 1. The van der Waals surface area contributed by atoms with E-state index in [-0.39, 0.29) is 5.91 Å². The molecule has 26 heavy (non-hydrogen) atoms. The highest BCUT2D eigenvalue weighted by molar-refractivity contribution is 8.00. The number of aryl methyl sites for hydroxylation is 1. The summed E-state index contributed by atoms with van der Waals surface area (Å²) in [5, 5.41) is 4.00. The van der Waals surface area contributed by atoms with Crippen LogP contribution in [0.5, 0.6) is 11.5 Å². The van der Waals surface area contributed by atoms with Crippen molar-refractivity contribution >= 4 is 23.9 Å². The van der Waals surface area contributed by atoms with Gasteiger partial charge in [0.15, 0.2) is 11.5 Å². The number of carbonyl (C=O) groups is 1. The van der Waals surface area contributed by atoms with Gasteiger partial charge >= 0.3 is 0 Å². The van der Waals surface area contributed by atoms with Crippen molar-refractivity contribution in [3.63, 3.8) is 0 Å². The maximum Gasteiger partial charge on any atom is 0.250 e. The number of benzene rings is 2. The van der Waals surface area contributed by atoms with Gasteiger partial charge in [-0.2, -0.15) is 5.10 Å². The van der Waals surface area contributed by atoms with Gasteiger partial charge in [-0.1, -0.05) is 24.6 Å². The van der Waals surface area contributed by atoms with Crippen molar-refractivity contribution in [3.05, 3.63) is 53.6 Å². The van der Waals surface area contributed by atoms with Crippen LogP contribution in [0, 0.1) is 6.92 Å². The van der Waals surface area contributed by atoms with E-state index in [1.54, 1.807) is 13.3 Å². The summed E-state index contributed by atoms with van der Waals surface area (Å²) < 4.78 is 10.9. The summed E-state index contributed by atoms with van der Waals surface area (Å²) in [6.07, 6.45) is 2.51. The molecule has 2 aromatic carbocycles. The van der Waals surface area contributed by atoms with Crippen molar-refractivity contribution in [2.75, 3.05) is 19.5 Å². The SMILES string of the molecule is CCCOc1ccc(C=NNC(=O)CSc2ccc(C)cc2)cc1OC. The van der Waals surface area contributed by atoms with Crippen molar-refractivity contribution in [1.29, 1.82) is 0 Å². The van der Waals surface area contributed by atoms with Crippen molar-refractivity contribution in [1.82, 2.24) is 5.43 Å². The summed E-state index contributed by atoms with van der Waals surface area (Å²) in [7, 11) is 1.60. The number of thioether (sulfide) groups is 1. The van der Waals surface area contributed by atoms with Crippen LogP contribution < -0.4 is 14.9 Å². The molecule has 0 unspecified atom stereocenters. The molecule has 5 nitrogen and oxygen atoms in total. The number of nitrogens with one attached hydrogen (secondary N) is 1. The molecule has 1 amide bonds. The maximum atomic E-state index is 11.9. The molecule has 2 aromatic rings. The van der Waals surface area contributed by atoms with Crippen LogP contribution in [0.3, 0.4) is 0 Å². The fourth-order valence-corrected chi connectivity index (χ4v) is 2.78. The first-order valence-corrected chi connectivity index (χ1v) is 9.43. The Hall–Kier alpha value is -2.47. The van der Waals surface area contributed by atoms with E-state index in [1.807, 2.05) is 56.3 Å². The summed E-state index contributed by atoms with van der Waals surface area (Å²) in [4.78, 5) is 12.9. The van der Waals surface area contributed by atoms with Gasteiger partial charge in [0.1, 0.15) is 0 Å². The Morgan fingerprint density at radius 3 is 2.65 bits per heavy atom. The summed E-state index contributed by atoms with van der Waals surface area (Å²) in [6.45, 7) is 4.72. The average molecular weight is 372 g/mol. The first-order chi connectivity index (χ1) is 12.6. The van der Waals surface area contributed by atoms with Crippen LogP contribution >= 0.6 is 11.8 Å². The topological polar surface area (TPSA) is 59.9 Å². The molecule has 0 bridgehead atoms. The molecule has 0 aromatic heterocycles. The van der Waals surface area contributed by atoms with Crippen LogP contribution in [0.2, 0.25) is 0 Å². The highest BCUT2D eigenvalue weighted by Crippen LogP contribution is 2.27. The Morgan fingerprint density at radius 2 is 1.96 bits per heavy atom. The number of carbonyl (C=O) groups excluding carboxylic acids is 1. The maximum absolute atomic E-state index is 11.9. The van der Waals surface area contributed by atoms with Gasteiger partial charge in [0.05, 0.1) is 25.7 Å². The first kappa shape index (κ1) is 19.8. The largest absolute Gasteiger partial charge is 0.493 e. The fraction of sp³-hybridized carbons (Fsp3) is 0.300. The predicted molar refractivity (Wildman–Crippen MR) is 106 cm³/mol. The number of ether oxygens (including phenoxy) is 2. The van der Waals surface area contributed by atoms with Crippen LogP contribution in [-0.2, 0) is 4.79 Å². The van der Waals surface area contributed by atoms with Gasteiger partial charge in [0, 0.05) is 4.90 Å². The quantitative estimate of drug-likeness (QED) is 0.410. The Kier molecular flexibility index (Phi) is 8.02. The second-order valence-electron chi connectivity index (χ2n) is 5.65. The Bertz CT molecular complexity index is 745. The van der Waals surface area contributed by atoms with Crippen molar-refractivity contribution < 1.29 is 14.3 Å². The molecular weight excluding hydrogens is 348 g/mol. The van der Waals surface area contributed by atoms with E-state index in [4.69, 9.17) is 9.47 Å². The lowest BCUT2D eigenvalue weighted by atomic mass is 10.2. The molecule has 2 rings (SSSR count). The number of amides is 1. The number of nitrogens with zero attached hydrogens (tertiary/aromatic N) is 1. The lowest BCUT2D eigenvalue weighted by Crippen LogP contribution is -2.19. The van der Waals surface area contributed by atoms with Gasteiger partial charge in [0.2, 0.25) is 5.91 Å². The molecule has 0 spiro atoms. The zero-order valence-electron chi connectivity index (χ0n) is 15.3. The van der Waals surface area contributed by atoms with Gasteiger partial charge in [-0.05, 0) is 49.2 Å². The second-order valence-corrected chi connectivity index (χ2v) is 6.70. The third-order valence-electron chi connectivity index (χ3n) is 3.44. The van der Waals surface area contributed by atoms with E-state index < -0.39 is 0 Å². The zero-order valence-corrected chi connectivity index (χ0v) is 16.1. The standard InChI is InChI=1S/C20H24N2O3S/c1-4-11-25-18-10-7-16(12-19(18)24-3)13-21-22-20(23)14-26-17-8-5-15(2)6-9-17/h5-10,12-13H,4,11,14H2,1-3H3,(H,22,23). The lowest BCUT2D eigenvalue weighted by Gasteiger charge is -2.10. The molecule has 1 N–H and O–H groups in total. The van der Waals surface area contributed by atoms with Gasteiger partial charge in [0.25, 0.3) is 0 Å². The molecule has 0 heterocycles. The molecule has 0 saturated carbocycles. The summed E-state index contributed by atoms with van der Waals surface area (Å²) in [5.41, 5.74) is 4.55. The molecule has 0 saturated heterocycles. The molecule has 0 atom stereocenters. The normalized spacial score (nSPS) is 10.7. The average Bonchev–Trinajstić information content (AvgIpc) is 2.66. The molecular formula is C20H24N2O3S. The zero-order chi connectivity index (χ0) is 18.8. The third-order valence-corrected chi connectivity index (χ3v) is 4.46. The monoisotopic (exact) mass is 372 g/mol. The van der Waals surface area contributed by atoms with E-state index in [0.717, 1.165) is 16.9 Å². The van der Waals surface area contributed by atoms with Crippen LogP contribution in [-0.4, -0.2) is 31.6 Å². The minimum atomic E-state index is -0.151. The summed E-state index contributed by atoms with van der Waals surface area (Å²) in [5.74, 6) is 1.50. The molecule has 0 aliphatic heterocycles. The highest BCUT2D eigenvalue weighted by atomic mass is 32.2.